The maximum Gasteiger partial charge on any atom is 0.333 e. The molecule has 1 unspecified atom stereocenters. The third kappa shape index (κ3) is 1.61. The first-order valence-corrected chi connectivity index (χ1v) is 4.90. The van der Waals surface area contributed by atoms with Gasteiger partial charge in [-0.3, -0.25) is 4.98 Å². The van der Waals surface area contributed by atoms with E-state index in [2.05, 4.69) is 4.98 Å². The summed E-state index contributed by atoms with van der Waals surface area (Å²) in [4.78, 5) is 14.9. The van der Waals surface area contributed by atoms with Crippen LogP contribution in [0.5, 0.6) is 0 Å². The molecule has 0 aromatic carbocycles. The molecule has 0 aliphatic heterocycles. The van der Waals surface area contributed by atoms with Crippen molar-refractivity contribution in [3.8, 4) is 0 Å². The van der Waals surface area contributed by atoms with Crippen LogP contribution in [0.15, 0.2) is 18.3 Å². The van der Waals surface area contributed by atoms with Crippen LogP contribution in [-0.2, 0) is 10.2 Å². The Morgan fingerprint density at radius 2 is 2.20 bits per heavy atom. The second kappa shape index (κ2) is 3.31. The number of hydrogen-bond acceptors (Lipinski definition) is 3. The molecular formula is C11H13NO3. The van der Waals surface area contributed by atoms with Gasteiger partial charge in [-0.15, -0.1) is 0 Å². The SMILES string of the molecule is Cc1ccc(C2(C(O)C(=O)O)CC2)nc1. The average Bonchev–Trinajstić information content (AvgIpc) is 2.99. The summed E-state index contributed by atoms with van der Waals surface area (Å²) >= 11 is 0. The summed E-state index contributed by atoms with van der Waals surface area (Å²) < 4.78 is 0. The fraction of sp³-hybridized carbons (Fsp3) is 0.455. The largest absolute Gasteiger partial charge is 0.479 e. The smallest absolute Gasteiger partial charge is 0.333 e. The number of aryl methyl sites for hydroxylation is 1. The Kier molecular flexibility index (Phi) is 2.23. The highest BCUT2D eigenvalue weighted by atomic mass is 16.4. The van der Waals surface area contributed by atoms with Gasteiger partial charge in [0, 0.05) is 17.3 Å². The zero-order valence-corrected chi connectivity index (χ0v) is 8.47. The number of aliphatic hydroxyl groups excluding tert-OH is 1. The average molecular weight is 207 g/mol. The lowest BCUT2D eigenvalue weighted by molar-refractivity contribution is -0.148. The van der Waals surface area contributed by atoms with Crippen molar-refractivity contribution in [2.75, 3.05) is 0 Å². The van der Waals surface area contributed by atoms with E-state index in [0.29, 0.717) is 18.5 Å². The normalized spacial score (nSPS) is 19.6. The molecule has 1 atom stereocenters. The summed E-state index contributed by atoms with van der Waals surface area (Å²) in [5.74, 6) is -1.17. The van der Waals surface area contributed by atoms with Crippen molar-refractivity contribution >= 4 is 5.97 Å². The molecule has 1 heterocycles. The molecule has 1 aliphatic carbocycles. The van der Waals surface area contributed by atoms with Gasteiger partial charge in [0.05, 0.1) is 0 Å². The van der Waals surface area contributed by atoms with Crippen molar-refractivity contribution in [1.82, 2.24) is 4.98 Å². The topological polar surface area (TPSA) is 70.4 Å². The molecule has 0 radical (unpaired) electrons. The molecule has 1 aliphatic rings. The summed E-state index contributed by atoms with van der Waals surface area (Å²) in [6.07, 6.45) is 1.74. The lowest BCUT2D eigenvalue weighted by Crippen LogP contribution is -2.34. The van der Waals surface area contributed by atoms with Gasteiger partial charge in [0.1, 0.15) is 0 Å². The minimum Gasteiger partial charge on any atom is -0.479 e. The van der Waals surface area contributed by atoms with E-state index < -0.39 is 17.5 Å². The van der Waals surface area contributed by atoms with Crippen molar-refractivity contribution in [3.63, 3.8) is 0 Å². The zero-order chi connectivity index (χ0) is 11.1. The number of nitrogens with zero attached hydrogens (tertiary/aromatic N) is 1. The van der Waals surface area contributed by atoms with Gasteiger partial charge in [-0.25, -0.2) is 4.79 Å². The molecule has 2 N–H and O–H groups in total. The van der Waals surface area contributed by atoms with E-state index in [0.717, 1.165) is 5.56 Å². The highest BCUT2D eigenvalue weighted by Gasteiger charge is 2.54. The second-order valence-corrected chi connectivity index (χ2v) is 4.12. The van der Waals surface area contributed by atoms with Gasteiger partial charge >= 0.3 is 5.97 Å². The molecule has 1 saturated carbocycles. The number of aliphatic carboxylic acids is 1. The predicted octanol–water partition coefficient (Wildman–Crippen LogP) is 0.867. The van der Waals surface area contributed by atoms with Gasteiger partial charge in [-0.2, -0.15) is 0 Å². The molecule has 80 valence electrons. The van der Waals surface area contributed by atoms with E-state index in [1.807, 2.05) is 13.0 Å². The van der Waals surface area contributed by atoms with Gasteiger partial charge < -0.3 is 10.2 Å². The summed E-state index contributed by atoms with van der Waals surface area (Å²) in [6, 6.07) is 3.69. The minimum atomic E-state index is -1.34. The molecular weight excluding hydrogens is 194 g/mol. The summed E-state index contributed by atoms with van der Waals surface area (Å²) in [6.45, 7) is 1.92. The number of carbonyl (C=O) groups is 1. The Labute approximate surface area is 87.6 Å². The van der Waals surface area contributed by atoms with E-state index in [1.54, 1.807) is 12.3 Å². The standard InChI is InChI=1S/C11H13NO3/c1-7-2-3-8(12-6-7)11(4-5-11)9(13)10(14)15/h2-3,6,9,13H,4-5H2,1H3,(H,14,15). The third-order valence-corrected chi connectivity index (χ3v) is 2.97. The second-order valence-electron chi connectivity index (χ2n) is 4.12. The number of pyridine rings is 1. The van der Waals surface area contributed by atoms with Gasteiger partial charge in [0.2, 0.25) is 0 Å². The van der Waals surface area contributed by atoms with Crippen molar-refractivity contribution < 1.29 is 15.0 Å². The maximum atomic E-state index is 10.7. The Bertz CT molecular complexity index is 381. The van der Waals surface area contributed by atoms with Crippen molar-refractivity contribution in [2.24, 2.45) is 0 Å². The first-order chi connectivity index (χ1) is 7.06. The highest BCUT2D eigenvalue weighted by Crippen LogP contribution is 2.50. The van der Waals surface area contributed by atoms with Crippen LogP contribution < -0.4 is 0 Å². The van der Waals surface area contributed by atoms with Gasteiger partial charge in [-0.1, -0.05) is 6.07 Å². The molecule has 0 bridgehead atoms. The van der Waals surface area contributed by atoms with E-state index in [-0.39, 0.29) is 0 Å². The van der Waals surface area contributed by atoms with Gasteiger partial charge in [0.25, 0.3) is 0 Å². The number of rotatable bonds is 3. The molecule has 1 aromatic rings. The lowest BCUT2D eigenvalue weighted by Gasteiger charge is -2.17. The molecule has 15 heavy (non-hydrogen) atoms. The molecule has 4 heteroatoms. The van der Waals surface area contributed by atoms with Crippen LogP contribution in [0.4, 0.5) is 0 Å². The molecule has 1 aromatic heterocycles. The molecule has 4 nitrogen and oxygen atoms in total. The molecule has 0 amide bonds. The number of aromatic nitrogens is 1. The van der Waals surface area contributed by atoms with Crippen LogP contribution in [0.2, 0.25) is 0 Å². The van der Waals surface area contributed by atoms with E-state index in [1.165, 1.54) is 0 Å². The summed E-state index contributed by atoms with van der Waals surface area (Å²) in [5, 5.41) is 18.4. The minimum absolute atomic E-state index is 0.639. The van der Waals surface area contributed by atoms with Crippen molar-refractivity contribution in [1.29, 1.82) is 0 Å². The van der Waals surface area contributed by atoms with Gasteiger partial charge in [-0.05, 0) is 31.4 Å². The monoisotopic (exact) mass is 207 g/mol. The Morgan fingerprint density at radius 3 is 2.60 bits per heavy atom. The summed E-state index contributed by atoms with van der Waals surface area (Å²) in [7, 11) is 0. The number of carboxylic acid groups (broad SMARTS) is 1. The van der Waals surface area contributed by atoms with Gasteiger partial charge in [0.15, 0.2) is 6.10 Å². The number of aliphatic hydroxyl groups is 1. The first kappa shape index (κ1) is 10.1. The Hall–Kier alpha value is -1.42. The molecule has 0 saturated heterocycles. The number of hydrogen-bond donors (Lipinski definition) is 2. The molecule has 2 rings (SSSR count). The van der Waals surface area contributed by atoms with Crippen LogP contribution >= 0.6 is 0 Å². The van der Waals surface area contributed by atoms with E-state index in [4.69, 9.17) is 5.11 Å². The first-order valence-electron chi connectivity index (χ1n) is 4.90. The summed E-state index contributed by atoms with van der Waals surface area (Å²) in [5.41, 5.74) is 1.07. The lowest BCUT2D eigenvalue weighted by atomic mass is 9.94. The molecule has 1 fully saturated rings. The third-order valence-electron chi connectivity index (χ3n) is 2.97. The van der Waals surface area contributed by atoms with Crippen LogP contribution in [-0.4, -0.2) is 27.3 Å². The Balaban J connectivity index is 2.30. The van der Waals surface area contributed by atoms with Crippen molar-refractivity contribution in [2.45, 2.75) is 31.3 Å². The zero-order valence-electron chi connectivity index (χ0n) is 8.47. The van der Waals surface area contributed by atoms with Crippen LogP contribution in [0.3, 0.4) is 0 Å². The van der Waals surface area contributed by atoms with E-state index >= 15 is 0 Å². The van der Waals surface area contributed by atoms with Crippen molar-refractivity contribution in [3.05, 3.63) is 29.6 Å². The Morgan fingerprint density at radius 1 is 1.53 bits per heavy atom. The van der Waals surface area contributed by atoms with E-state index in [9.17, 15) is 9.90 Å². The quantitative estimate of drug-likeness (QED) is 0.771. The predicted molar refractivity (Wildman–Crippen MR) is 53.5 cm³/mol. The van der Waals surface area contributed by atoms with Crippen LogP contribution in [0.25, 0.3) is 0 Å². The molecule has 0 spiro atoms. The highest BCUT2D eigenvalue weighted by molar-refractivity contribution is 5.75. The fourth-order valence-corrected chi connectivity index (χ4v) is 1.80. The maximum absolute atomic E-state index is 10.7. The fourth-order valence-electron chi connectivity index (χ4n) is 1.80. The number of carboxylic acids is 1. The van der Waals surface area contributed by atoms with Crippen LogP contribution in [0.1, 0.15) is 24.1 Å². The van der Waals surface area contributed by atoms with Crippen LogP contribution in [0, 0.1) is 6.92 Å².